The fourth-order valence-corrected chi connectivity index (χ4v) is 2.53. The maximum atomic E-state index is 11.0. The Bertz CT molecular complexity index is 518. The van der Waals surface area contributed by atoms with E-state index < -0.39 is 0 Å². The molecule has 0 saturated heterocycles. The summed E-state index contributed by atoms with van der Waals surface area (Å²) >= 11 is 8.36. The molecule has 9 heteroatoms. The third kappa shape index (κ3) is 2.21. The van der Waals surface area contributed by atoms with Gasteiger partial charge < -0.3 is 0 Å². The van der Waals surface area contributed by atoms with E-state index in [2.05, 4.69) is 19.8 Å². The summed E-state index contributed by atoms with van der Waals surface area (Å²) < 4.78 is 5.71. The van der Waals surface area contributed by atoms with Crippen molar-refractivity contribution in [3.8, 4) is 0 Å². The second-order valence-corrected chi connectivity index (χ2v) is 4.95. The number of H-pyrrole nitrogens is 1. The van der Waals surface area contributed by atoms with E-state index in [0.29, 0.717) is 20.9 Å². The second kappa shape index (κ2) is 4.33. The van der Waals surface area contributed by atoms with Crippen LogP contribution in [0.15, 0.2) is 9.95 Å². The van der Waals surface area contributed by atoms with Crippen molar-refractivity contribution < 1.29 is 0 Å². The van der Waals surface area contributed by atoms with E-state index in [1.807, 2.05) is 0 Å². The Morgan fingerprint density at radius 2 is 2.47 bits per heavy atom. The maximum absolute atomic E-state index is 11.0. The van der Waals surface area contributed by atoms with Crippen molar-refractivity contribution in [3.63, 3.8) is 0 Å². The van der Waals surface area contributed by atoms with E-state index in [1.54, 1.807) is 7.05 Å². The van der Waals surface area contributed by atoms with Crippen molar-refractivity contribution >= 4 is 34.9 Å². The lowest BCUT2D eigenvalue weighted by atomic mass is 10.6. The van der Waals surface area contributed by atoms with E-state index in [-0.39, 0.29) is 5.69 Å². The van der Waals surface area contributed by atoms with Crippen LogP contribution in [0.2, 0.25) is 4.34 Å². The molecule has 15 heavy (non-hydrogen) atoms. The van der Waals surface area contributed by atoms with E-state index in [1.165, 1.54) is 16.3 Å². The quantitative estimate of drug-likeness (QED) is 0.833. The monoisotopic (exact) mass is 263 g/mol. The lowest BCUT2D eigenvalue weighted by Gasteiger charge is -1.96. The lowest BCUT2D eigenvalue weighted by molar-refractivity contribution is 0.765. The molecular weight excluding hydrogens is 258 g/mol. The average Bonchev–Trinajstić information content (AvgIpc) is 2.74. The topological polar surface area (TPSA) is 76.5 Å². The molecule has 6 nitrogen and oxygen atoms in total. The van der Waals surface area contributed by atoms with Gasteiger partial charge in [0.1, 0.15) is 10.0 Å². The van der Waals surface area contributed by atoms with Gasteiger partial charge in [-0.25, -0.2) is 9.89 Å². The lowest BCUT2D eigenvalue weighted by Crippen LogP contribution is -2.12. The number of rotatable bonds is 3. The van der Waals surface area contributed by atoms with Gasteiger partial charge in [-0.05, 0) is 0 Å². The third-order valence-electron chi connectivity index (χ3n) is 1.69. The molecule has 0 radical (unpaired) electrons. The van der Waals surface area contributed by atoms with Crippen LogP contribution in [0.3, 0.4) is 0 Å². The fraction of sp³-hybridized carbons (Fsp3) is 0.333. The SMILES string of the molecule is Cn1c(SCc2nnsc2Cl)n[nH]c1=O. The Morgan fingerprint density at radius 3 is 3.00 bits per heavy atom. The number of hydrogen-bond acceptors (Lipinski definition) is 6. The summed E-state index contributed by atoms with van der Waals surface area (Å²) in [7, 11) is 1.65. The molecule has 0 aliphatic rings. The normalized spacial score (nSPS) is 10.8. The van der Waals surface area contributed by atoms with Crippen molar-refractivity contribution in [2.75, 3.05) is 0 Å². The minimum atomic E-state index is -0.236. The van der Waals surface area contributed by atoms with Crippen LogP contribution >= 0.6 is 34.9 Å². The van der Waals surface area contributed by atoms with E-state index in [4.69, 9.17) is 11.6 Å². The molecule has 0 spiro atoms. The molecule has 0 saturated carbocycles. The maximum Gasteiger partial charge on any atom is 0.343 e. The zero-order chi connectivity index (χ0) is 10.8. The number of nitrogens with one attached hydrogen (secondary N) is 1. The minimum Gasteiger partial charge on any atom is -0.273 e. The van der Waals surface area contributed by atoms with Gasteiger partial charge in [-0.15, -0.1) is 10.2 Å². The molecule has 0 aliphatic heterocycles. The fourth-order valence-electron chi connectivity index (χ4n) is 0.878. The number of nitrogens with zero attached hydrogens (tertiary/aromatic N) is 4. The van der Waals surface area contributed by atoms with Gasteiger partial charge in [0.2, 0.25) is 0 Å². The first kappa shape index (κ1) is 10.7. The van der Waals surface area contributed by atoms with Crippen molar-refractivity contribution in [3.05, 3.63) is 20.5 Å². The molecule has 0 aromatic carbocycles. The summed E-state index contributed by atoms with van der Waals surface area (Å²) in [5.41, 5.74) is 0.474. The van der Waals surface area contributed by atoms with Crippen LogP contribution in [0, 0.1) is 0 Å². The molecule has 2 heterocycles. The smallest absolute Gasteiger partial charge is 0.273 e. The molecule has 0 amide bonds. The molecule has 80 valence electrons. The van der Waals surface area contributed by atoms with Crippen LogP contribution < -0.4 is 5.69 Å². The molecule has 0 fully saturated rings. The van der Waals surface area contributed by atoms with Gasteiger partial charge in [0.15, 0.2) is 5.16 Å². The third-order valence-corrected chi connectivity index (χ3v) is 3.71. The van der Waals surface area contributed by atoms with Crippen LogP contribution in [0.25, 0.3) is 0 Å². The van der Waals surface area contributed by atoms with E-state index >= 15 is 0 Å². The Kier molecular flexibility index (Phi) is 3.08. The molecule has 1 N–H and O–H groups in total. The molecule has 2 rings (SSSR count). The van der Waals surface area contributed by atoms with Crippen LogP contribution in [-0.4, -0.2) is 24.4 Å². The molecule has 2 aromatic rings. The first-order valence-corrected chi connectivity index (χ1v) is 6.03. The average molecular weight is 264 g/mol. The zero-order valence-corrected chi connectivity index (χ0v) is 9.99. The highest BCUT2D eigenvalue weighted by Gasteiger charge is 2.09. The van der Waals surface area contributed by atoms with Crippen LogP contribution in [0.5, 0.6) is 0 Å². The number of hydrogen-bond donors (Lipinski definition) is 1. The predicted molar refractivity (Wildman–Crippen MR) is 58.3 cm³/mol. The summed E-state index contributed by atoms with van der Waals surface area (Å²) in [4.78, 5) is 11.0. The number of thioether (sulfide) groups is 1. The van der Waals surface area contributed by atoms with Gasteiger partial charge in [-0.1, -0.05) is 27.9 Å². The summed E-state index contributed by atoms with van der Waals surface area (Å²) in [6.07, 6.45) is 0. The minimum absolute atomic E-state index is 0.236. The Morgan fingerprint density at radius 1 is 1.67 bits per heavy atom. The van der Waals surface area contributed by atoms with Gasteiger partial charge in [0, 0.05) is 24.3 Å². The highest BCUT2D eigenvalue weighted by molar-refractivity contribution is 7.98. The Hall–Kier alpha value is -0.860. The highest BCUT2D eigenvalue weighted by Crippen LogP contribution is 2.24. The molecule has 0 bridgehead atoms. The van der Waals surface area contributed by atoms with Crippen LogP contribution in [-0.2, 0) is 12.8 Å². The summed E-state index contributed by atoms with van der Waals surface area (Å²) in [6.45, 7) is 0. The van der Waals surface area contributed by atoms with Gasteiger partial charge >= 0.3 is 5.69 Å². The summed E-state index contributed by atoms with van der Waals surface area (Å²) in [6, 6.07) is 0. The second-order valence-electron chi connectivity index (χ2n) is 2.65. The number of halogens is 1. The van der Waals surface area contributed by atoms with Gasteiger partial charge in [-0.2, -0.15) is 0 Å². The molecule has 0 aliphatic carbocycles. The van der Waals surface area contributed by atoms with Gasteiger partial charge in [0.05, 0.1) is 0 Å². The summed E-state index contributed by atoms with van der Waals surface area (Å²) in [5, 5.41) is 10.7. The van der Waals surface area contributed by atoms with Crippen molar-refractivity contribution in [2.24, 2.45) is 7.05 Å². The number of aromatic nitrogens is 5. The van der Waals surface area contributed by atoms with Crippen molar-refractivity contribution in [1.29, 1.82) is 0 Å². The van der Waals surface area contributed by atoms with Crippen molar-refractivity contribution in [2.45, 2.75) is 10.9 Å². The molecule has 0 unspecified atom stereocenters. The first-order valence-electron chi connectivity index (χ1n) is 3.89. The molecular formula is C6H6ClN5OS2. The van der Waals surface area contributed by atoms with Crippen molar-refractivity contribution in [1.82, 2.24) is 24.4 Å². The standard InChI is InChI=1S/C6H6ClN5OS2/c1-12-5(13)9-10-6(12)14-2-3-4(7)15-11-8-3/h2H2,1H3,(H,9,13). The van der Waals surface area contributed by atoms with E-state index in [0.717, 1.165) is 11.5 Å². The summed E-state index contributed by atoms with van der Waals surface area (Å²) in [5.74, 6) is 0.549. The molecule has 2 aromatic heterocycles. The van der Waals surface area contributed by atoms with Crippen LogP contribution in [0.4, 0.5) is 0 Å². The largest absolute Gasteiger partial charge is 0.343 e. The van der Waals surface area contributed by atoms with Crippen LogP contribution in [0.1, 0.15) is 5.69 Å². The number of aromatic amines is 1. The Labute approximate surface area is 97.8 Å². The predicted octanol–water partition coefficient (Wildman–Crippen LogP) is 0.906. The highest BCUT2D eigenvalue weighted by atomic mass is 35.5. The Balaban J connectivity index is 2.09. The van der Waals surface area contributed by atoms with E-state index in [9.17, 15) is 4.79 Å². The zero-order valence-electron chi connectivity index (χ0n) is 7.60. The first-order chi connectivity index (χ1) is 7.18. The van der Waals surface area contributed by atoms with Gasteiger partial charge in [0.25, 0.3) is 0 Å². The molecule has 0 atom stereocenters. The van der Waals surface area contributed by atoms with Gasteiger partial charge in [-0.3, -0.25) is 4.57 Å².